The maximum atomic E-state index is 12.9. The van der Waals surface area contributed by atoms with Gasteiger partial charge in [-0.2, -0.15) is 8.78 Å². The number of nitrogens with two attached hydrogens (primary N) is 1. The standard InChI is InChI=1S/C8H10F2N2O2/c1-12-4-2-3-5(12)6(11)8(9,10)7(13)14/h2-4,6H,11H2,1H3,(H,13,14). The summed E-state index contributed by atoms with van der Waals surface area (Å²) in [7, 11) is 1.52. The molecule has 0 amide bonds. The fourth-order valence-electron chi connectivity index (χ4n) is 1.12. The number of hydrogen-bond donors (Lipinski definition) is 2. The topological polar surface area (TPSA) is 68.2 Å². The van der Waals surface area contributed by atoms with Crippen molar-refractivity contribution in [1.29, 1.82) is 0 Å². The first kappa shape index (κ1) is 10.6. The maximum absolute atomic E-state index is 12.9. The monoisotopic (exact) mass is 204 g/mol. The van der Waals surface area contributed by atoms with E-state index < -0.39 is 17.9 Å². The van der Waals surface area contributed by atoms with Gasteiger partial charge in [-0.25, -0.2) is 4.79 Å². The number of nitrogens with zero attached hydrogens (tertiary/aromatic N) is 1. The number of carboxylic acid groups (broad SMARTS) is 1. The van der Waals surface area contributed by atoms with Gasteiger partial charge in [-0.05, 0) is 12.1 Å². The molecule has 78 valence electrons. The van der Waals surface area contributed by atoms with E-state index in [1.165, 1.54) is 29.9 Å². The SMILES string of the molecule is Cn1cccc1C(N)C(F)(F)C(=O)O. The number of aromatic nitrogens is 1. The molecule has 1 aromatic heterocycles. The minimum atomic E-state index is -3.95. The lowest BCUT2D eigenvalue weighted by Crippen LogP contribution is -2.41. The molecule has 14 heavy (non-hydrogen) atoms. The van der Waals surface area contributed by atoms with E-state index >= 15 is 0 Å². The summed E-state index contributed by atoms with van der Waals surface area (Å²) in [6, 6.07) is 1.05. The maximum Gasteiger partial charge on any atom is 0.376 e. The summed E-state index contributed by atoms with van der Waals surface area (Å²) >= 11 is 0. The Balaban J connectivity index is 3.02. The Morgan fingerprint density at radius 1 is 1.71 bits per heavy atom. The van der Waals surface area contributed by atoms with Crippen LogP contribution in [0.15, 0.2) is 18.3 Å². The largest absolute Gasteiger partial charge is 0.477 e. The third-order valence-electron chi connectivity index (χ3n) is 1.98. The molecule has 0 spiro atoms. The quantitative estimate of drug-likeness (QED) is 0.763. The number of hydrogen-bond acceptors (Lipinski definition) is 2. The minimum absolute atomic E-state index is 0.0809. The number of aryl methyl sites for hydroxylation is 1. The van der Waals surface area contributed by atoms with Crippen LogP contribution in [0.2, 0.25) is 0 Å². The molecular weight excluding hydrogens is 194 g/mol. The van der Waals surface area contributed by atoms with E-state index in [1.807, 2.05) is 0 Å². The molecule has 4 nitrogen and oxygen atoms in total. The van der Waals surface area contributed by atoms with Crippen molar-refractivity contribution in [3.8, 4) is 0 Å². The second-order valence-electron chi connectivity index (χ2n) is 2.95. The number of halogens is 2. The van der Waals surface area contributed by atoms with E-state index in [4.69, 9.17) is 10.8 Å². The Hall–Kier alpha value is -1.43. The molecule has 1 rings (SSSR count). The summed E-state index contributed by atoms with van der Waals surface area (Å²) in [5.41, 5.74) is 5.25. The molecule has 0 bridgehead atoms. The highest BCUT2D eigenvalue weighted by molar-refractivity contribution is 5.76. The molecule has 0 saturated heterocycles. The summed E-state index contributed by atoms with van der Waals surface area (Å²) in [6.07, 6.45) is 1.52. The van der Waals surface area contributed by atoms with E-state index in [1.54, 1.807) is 0 Å². The van der Waals surface area contributed by atoms with Crippen LogP contribution in [-0.2, 0) is 11.8 Å². The van der Waals surface area contributed by atoms with E-state index in [9.17, 15) is 13.6 Å². The van der Waals surface area contributed by atoms with Crippen LogP contribution in [0.25, 0.3) is 0 Å². The molecule has 1 heterocycles. The molecule has 0 aliphatic carbocycles. The van der Waals surface area contributed by atoms with Gasteiger partial charge < -0.3 is 15.4 Å². The molecule has 1 unspecified atom stereocenters. The lowest BCUT2D eigenvalue weighted by atomic mass is 10.1. The van der Waals surface area contributed by atoms with Crippen LogP contribution in [0, 0.1) is 0 Å². The van der Waals surface area contributed by atoms with Crippen molar-refractivity contribution in [3.63, 3.8) is 0 Å². The van der Waals surface area contributed by atoms with Gasteiger partial charge in [-0.15, -0.1) is 0 Å². The molecule has 0 radical (unpaired) electrons. The Morgan fingerprint density at radius 2 is 2.29 bits per heavy atom. The average molecular weight is 204 g/mol. The van der Waals surface area contributed by atoms with Crippen LogP contribution in [-0.4, -0.2) is 21.6 Å². The van der Waals surface area contributed by atoms with Gasteiger partial charge in [0.05, 0.1) is 0 Å². The fraction of sp³-hybridized carbons (Fsp3) is 0.375. The molecule has 3 N–H and O–H groups in total. The van der Waals surface area contributed by atoms with Gasteiger partial charge >= 0.3 is 11.9 Å². The van der Waals surface area contributed by atoms with E-state index in [0.29, 0.717) is 0 Å². The second kappa shape index (κ2) is 3.38. The van der Waals surface area contributed by atoms with E-state index in [0.717, 1.165) is 0 Å². The molecule has 0 saturated carbocycles. The van der Waals surface area contributed by atoms with Gasteiger partial charge in [0.1, 0.15) is 6.04 Å². The van der Waals surface area contributed by atoms with Crippen molar-refractivity contribution < 1.29 is 18.7 Å². The van der Waals surface area contributed by atoms with Crippen molar-refractivity contribution in [1.82, 2.24) is 4.57 Å². The average Bonchev–Trinajstić information content (AvgIpc) is 2.49. The minimum Gasteiger partial charge on any atom is -0.477 e. The predicted octanol–water partition coefficient (Wildman–Crippen LogP) is 0.745. The number of aliphatic carboxylic acids is 1. The Kier molecular flexibility index (Phi) is 2.57. The number of alkyl halides is 2. The zero-order valence-corrected chi connectivity index (χ0v) is 7.45. The third kappa shape index (κ3) is 1.60. The van der Waals surface area contributed by atoms with E-state index in [2.05, 4.69) is 0 Å². The van der Waals surface area contributed by atoms with Crippen molar-refractivity contribution in [2.24, 2.45) is 12.8 Å². The smallest absolute Gasteiger partial charge is 0.376 e. The summed E-state index contributed by atoms with van der Waals surface area (Å²) in [6.45, 7) is 0. The Labute approximate surface area is 78.9 Å². The number of rotatable bonds is 3. The fourth-order valence-corrected chi connectivity index (χ4v) is 1.12. The number of carboxylic acids is 1. The van der Waals surface area contributed by atoms with Gasteiger partial charge in [0.15, 0.2) is 0 Å². The van der Waals surface area contributed by atoms with Gasteiger partial charge in [0.25, 0.3) is 0 Å². The molecule has 1 aromatic rings. The highest BCUT2D eigenvalue weighted by Gasteiger charge is 2.47. The molecule has 0 aliphatic rings. The van der Waals surface area contributed by atoms with Gasteiger partial charge in [-0.1, -0.05) is 0 Å². The Morgan fingerprint density at radius 3 is 2.64 bits per heavy atom. The summed E-state index contributed by atoms with van der Waals surface area (Å²) < 4.78 is 27.3. The zero-order valence-electron chi connectivity index (χ0n) is 7.45. The zero-order chi connectivity index (χ0) is 10.9. The van der Waals surface area contributed by atoms with Crippen molar-refractivity contribution in [3.05, 3.63) is 24.0 Å². The van der Waals surface area contributed by atoms with E-state index in [-0.39, 0.29) is 5.69 Å². The Bertz CT molecular complexity index is 349. The molecule has 0 fully saturated rings. The summed E-state index contributed by atoms with van der Waals surface area (Å²) in [4.78, 5) is 10.2. The molecule has 0 aromatic carbocycles. The first-order valence-electron chi connectivity index (χ1n) is 3.85. The number of carbonyl (C=O) groups is 1. The molecule has 1 atom stereocenters. The molecule has 6 heteroatoms. The van der Waals surface area contributed by atoms with Crippen LogP contribution >= 0.6 is 0 Å². The first-order valence-corrected chi connectivity index (χ1v) is 3.85. The van der Waals surface area contributed by atoms with Crippen LogP contribution in [0.4, 0.5) is 8.78 Å². The van der Waals surface area contributed by atoms with Crippen LogP contribution in [0.1, 0.15) is 11.7 Å². The van der Waals surface area contributed by atoms with Crippen molar-refractivity contribution in [2.45, 2.75) is 12.0 Å². The predicted molar refractivity (Wildman–Crippen MR) is 44.9 cm³/mol. The highest BCUT2D eigenvalue weighted by Crippen LogP contribution is 2.29. The second-order valence-corrected chi connectivity index (χ2v) is 2.95. The molecule has 0 aliphatic heterocycles. The normalized spacial score (nSPS) is 14.0. The summed E-state index contributed by atoms with van der Waals surface area (Å²) in [5.74, 6) is -6.17. The van der Waals surface area contributed by atoms with Crippen LogP contribution in [0.5, 0.6) is 0 Å². The van der Waals surface area contributed by atoms with Crippen LogP contribution in [0.3, 0.4) is 0 Å². The van der Waals surface area contributed by atoms with Crippen molar-refractivity contribution in [2.75, 3.05) is 0 Å². The van der Waals surface area contributed by atoms with Crippen molar-refractivity contribution >= 4 is 5.97 Å². The first-order chi connectivity index (χ1) is 6.37. The third-order valence-corrected chi connectivity index (χ3v) is 1.98. The lowest BCUT2D eigenvalue weighted by Gasteiger charge is -2.19. The van der Waals surface area contributed by atoms with Gasteiger partial charge in [0, 0.05) is 18.9 Å². The molecular formula is C8H10F2N2O2. The highest BCUT2D eigenvalue weighted by atomic mass is 19.3. The van der Waals surface area contributed by atoms with Crippen LogP contribution < -0.4 is 5.73 Å². The lowest BCUT2D eigenvalue weighted by molar-refractivity contribution is -0.168. The summed E-state index contributed by atoms with van der Waals surface area (Å²) in [5, 5.41) is 8.26. The van der Waals surface area contributed by atoms with Gasteiger partial charge in [0.2, 0.25) is 0 Å². The van der Waals surface area contributed by atoms with Gasteiger partial charge in [-0.3, -0.25) is 0 Å².